The Morgan fingerprint density at radius 1 is 1.20 bits per heavy atom. The lowest BCUT2D eigenvalue weighted by Gasteiger charge is -2.22. The number of hydrogen-bond donors (Lipinski definition) is 1. The smallest absolute Gasteiger partial charge is 0.307 e. The van der Waals surface area contributed by atoms with Gasteiger partial charge in [-0.05, 0) is 39.2 Å². The van der Waals surface area contributed by atoms with Crippen molar-refractivity contribution < 1.29 is 18.3 Å². The van der Waals surface area contributed by atoms with E-state index in [2.05, 4.69) is 0 Å². The summed E-state index contributed by atoms with van der Waals surface area (Å²) in [5.41, 5.74) is 1.02. The first-order valence-corrected chi connectivity index (χ1v) is 8.28. The van der Waals surface area contributed by atoms with Crippen LogP contribution in [0.15, 0.2) is 30.3 Å². The minimum atomic E-state index is -3.43. The molecule has 1 atom stereocenters. The molecule has 0 fully saturated rings. The molecule has 1 unspecified atom stereocenters. The van der Waals surface area contributed by atoms with E-state index < -0.39 is 26.5 Å². The zero-order valence-corrected chi connectivity index (χ0v) is 13.0. The van der Waals surface area contributed by atoms with Crippen LogP contribution in [0.25, 0.3) is 0 Å². The van der Waals surface area contributed by atoms with Crippen LogP contribution in [-0.4, -0.2) is 30.0 Å². The highest BCUT2D eigenvalue weighted by molar-refractivity contribution is 7.92. The van der Waals surface area contributed by atoms with Gasteiger partial charge >= 0.3 is 5.97 Å². The predicted octanol–water partition coefficient (Wildman–Crippen LogP) is 2.53. The van der Waals surface area contributed by atoms with E-state index >= 15 is 0 Å². The molecule has 0 saturated carbocycles. The van der Waals surface area contributed by atoms with E-state index in [4.69, 9.17) is 0 Å². The van der Waals surface area contributed by atoms with Crippen LogP contribution in [0, 0.1) is 5.92 Å². The first-order chi connectivity index (χ1) is 9.13. The van der Waals surface area contributed by atoms with Gasteiger partial charge in [-0.2, -0.15) is 0 Å². The summed E-state index contributed by atoms with van der Waals surface area (Å²) in [6.07, 6.45) is 0.895. The van der Waals surface area contributed by atoms with Gasteiger partial charge in [0.25, 0.3) is 0 Å². The van der Waals surface area contributed by atoms with Crippen molar-refractivity contribution in [1.82, 2.24) is 0 Å². The van der Waals surface area contributed by atoms with Gasteiger partial charge in [0.05, 0.1) is 16.4 Å². The molecule has 112 valence electrons. The molecule has 0 heterocycles. The van der Waals surface area contributed by atoms with E-state index in [1.54, 1.807) is 20.8 Å². The zero-order chi connectivity index (χ0) is 15.4. The van der Waals surface area contributed by atoms with E-state index in [9.17, 15) is 18.3 Å². The van der Waals surface area contributed by atoms with Gasteiger partial charge in [-0.3, -0.25) is 4.79 Å². The first-order valence-electron chi connectivity index (χ1n) is 6.62. The molecule has 0 saturated heterocycles. The van der Waals surface area contributed by atoms with Crippen molar-refractivity contribution in [2.75, 3.05) is 5.75 Å². The molecule has 1 N–H and O–H groups in total. The minimum Gasteiger partial charge on any atom is -0.481 e. The molecular formula is C15H22O4S. The molecule has 1 rings (SSSR count). The summed E-state index contributed by atoms with van der Waals surface area (Å²) in [5, 5.41) is 9.22. The molecule has 0 amide bonds. The number of carboxylic acid groups (broad SMARTS) is 1. The Hall–Kier alpha value is -1.36. The number of aliphatic carboxylic acids is 1. The second-order valence-electron chi connectivity index (χ2n) is 5.95. The van der Waals surface area contributed by atoms with Crippen LogP contribution in [0.1, 0.15) is 32.8 Å². The number of sulfone groups is 1. The van der Waals surface area contributed by atoms with Crippen LogP contribution in [0.4, 0.5) is 0 Å². The van der Waals surface area contributed by atoms with Crippen molar-refractivity contribution >= 4 is 15.8 Å². The SMILES string of the molecule is CC(C)(C)S(=O)(=O)CC(CCc1ccccc1)C(=O)O. The van der Waals surface area contributed by atoms with Crippen LogP contribution in [-0.2, 0) is 21.1 Å². The molecule has 0 bridgehead atoms. The van der Waals surface area contributed by atoms with Crippen molar-refractivity contribution in [3.63, 3.8) is 0 Å². The highest BCUT2D eigenvalue weighted by Gasteiger charge is 2.34. The van der Waals surface area contributed by atoms with Gasteiger partial charge in [0.1, 0.15) is 0 Å². The van der Waals surface area contributed by atoms with E-state index in [-0.39, 0.29) is 5.75 Å². The van der Waals surface area contributed by atoms with Gasteiger partial charge in [-0.15, -0.1) is 0 Å². The van der Waals surface area contributed by atoms with Gasteiger partial charge in [-0.1, -0.05) is 30.3 Å². The van der Waals surface area contributed by atoms with Crippen LogP contribution < -0.4 is 0 Å². The molecule has 0 aliphatic rings. The zero-order valence-electron chi connectivity index (χ0n) is 12.2. The molecule has 0 radical (unpaired) electrons. The molecule has 1 aromatic rings. The Labute approximate surface area is 120 Å². The monoisotopic (exact) mass is 298 g/mol. The summed E-state index contributed by atoms with van der Waals surface area (Å²) in [6.45, 7) is 4.79. The highest BCUT2D eigenvalue weighted by atomic mass is 32.2. The van der Waals surface area contributed by atoms with Crippen molar-refractivity contribution in [2.24, 2.45) is 5.92 Å². The van der Waals surface area contributed by atoms with Gasteiger partial charge in [0.15, 0.2) is 9.84 Å². The molecule has 0 aliphatic heterocycles. The Morgan fingerprint density at radius 3 is 2.20 bits per heavy atom. The van der Waals surface area contributed by atoms with E-state index in [1.807, 2.05) is 30.3 Å². The molecule has 1 aromatic carbocycles. The Kier molecular flexibility index (Phi) is 5.34. The fraction of sp³-hybridized carbons (Fsp3) is 0.533. The van der Waals surface area contributed by atoms with Crippen molar-refractivity contribution in [3.8, 4) is 0 Å². The predicted molar refractivity (Wildman–Crippen MR) is 79.4 cm³/mol. The Morgan fingerprint density at radius 2 is 1.75 bits per heavy atom. The summed E-state index contributed by atoms with van der Waals surface area (Å²) in [5.74, 6) is -2.22. The number of benzene rings is 1. The maximum Gasteiger partial charge on any atom is 0.307 e. The number of hydrogen-bond acceptors (Lipinski definition) is 3. The van der Waals surface area contributed by atoms with Gasteiger partial charge < -0.3 is 5.11 Å². The van der Waals surface area contributed by atoms with Crippen molar-refractivity contribution in [2.45, 2.75) is 38.4 Å². The third-order valence-electron chi connectivity index (χ3n) is 3.33. The standard InChI is InChI=1S/C15H22O4S/c1-15(2,3)20(18,19)11-13(14(16)17)10-9-12-7-5-4-6-8-12/h4-8,13H,9-11H2,1-3H3,(H,16,17). The summed E-state index contributed by atoms with van der Waals surface area (Å²) >= 11 is 0. The summed E-state index contributed by atoms with van der Waals surface area (Å²) in [4.78, 5) is 11.3. The molecule has 20 heavy (non-hydrogen) atoms. The second kappa shape index (κ2) is 6.39. The molecular weight excluding hydrogens is 276 g/mol. The average molecular weight is 298 g/mol. The summed E-state index contributed by atoms with van der Waals surface area (Å²) < 4.78 is 23.3. The van der Waals surface area contributed by atoms with E-state index in [1.165, 1.54) is 0 Å². The molecule has 5 heteroatoms. The number of aryl methyl sites for hydroxylation is 1. The van der Waals surface area contributed by atoms with Crippen molar-refractivity contribution in [3.05, 3.63) is 35.9 Å². The fourth-order valence-corrected chi connectivity index (χ4v) is 3.12. The van der Waals surface area contributed by atoms with Gasteiger partial charge in [0.2, 0.25) is 0 Å². The van der Waals surface area contributed by atoms with E-state index in [0.29, 0.717) is 12.8 Å². The lowest BCUT2D eigenvalue weighted by Crippen LogP contribution is -2.35. The first kappa shape index (κ1) is 16.7. The number of carboxylic acids is 1. The van der Waals surface area contributed by atoms with Crippen LogP contribution >= 0.6 is 0 Å². The summed E-state index contributed by atoms with van der Waals surface area (Å²) in [6, 6.07) is 9.49. The van der Waals surface area contributed by atoms with Crippen LogP contribution in [0.3, 0.4) is 0 Å². The third-order valence-corrected chi connectivity index (χ3v) is 6.03. The number of rotatable bonds is 6. The molecule has 0 aliphatic carbocycles. The summed E-state index contributed by atoms with van der Waals surface area (Å²) in [7, 11) is -3.43. The normalized spacial score (nSPS) is 13.9. The molecule has 0 aromatic heterocycles. The Balaban J connectivity index is 2.74. The van der Waals surface area contributed by atoms with Gasteiger partial charge in [0, 0.05) is 0 Å². The number of carbonyl (C=O) groups is 1. The van der Waals surface area contributed by atoms with Crippen molar-refractivity contribution in [1.29, 1.82) is 0 Å². The molecule has 4 nitrogen and oxygen atoms in total. The van der Waals surface area contributed by atoms with Gasteiger partial charge in [-0.25, -0.2) is 8.42 Å². The highest BCUT2D eigenvalue weighted by Crippen LogP contribution is 2.21. The average Bonchev–Trinajstić information content (AvgIpc) is 2.34. The fourth-order valence-electron chi connectivity index (χ4n) is 1.78. The minimum absolute atomic E-state index is 0.307. The Bertz CT molecular complexity index is 541. The van der Waals surface area contributed by atoms with Crippen LogP contribution in [0.5, 0.6) is 0 Å². The quantitative estimate of drug-likeness (QED) is 0.876. The third kappa shape index (κ3) is 4.63. The lowest BCUT2D eigenvalue weighted by molar-refractivity contribution is -0.141. The van der Waals surface area contributed by atoms with Crippen LogP contribution in [0.2, 0.25) is 0 Å². The topological polar surface area (TPSA) is 71.4 Å². The second-order valence-corrected chi connectivity index (χ2v) is 8.74. The molecule has 0 spiro atoms. The maximum atomic E-state index is 12.1. The largest absolute Gasteiger partial charge is 0.481 e. The van der Waals surface area contributed by atoms with E-state index in [0.717, 1.165) is 5.56 Å². The maximum absolute atomic E-state index is 12.1. The lowest BCUT2D eigenvalue weighted by atomic mass is 10.0.